The van der Waals surface area contributed by atoms with Crippen LogP contribution in [0.3, 0.4) is 0 Å². The van der Waals surface area contributed by atoms with Crippen LogP contribution in [0.5, 0.6) is 0 Å². The van der Waals surface area contributed by atoms with Gasteiger partial charge in [-0.3, -0.25) is 0 Å². The maximum Gasteiger partial charge on any atom is 0.169 e. The van der Waals surface area contributed by atoms with Gasteiger partial charge < -0.3 is 11.0 Å². The second-order valence-electron chi connectivity index (χ2n) is 1.98. The van der Waals surface area contributed by atoms with Crippen molar-refractivity contribution in [1.29, 1.82) is 5.26 Å². The third kappa shape index (κ3) is 4.50. The Morgan fingerprint density at radius 3 is 2.25 bits per heavy atom. The summed E-state index contributed by atoms with van der Waals surface area (Å²) in [6.45, 7) is 0. The van der Waals surface area contributed by atoms with Gasteiger partial charge in [-0.05, 0) is 0 Å². The first-order valence-corrected chi connectivity index (χ1v) is 3.18. The lowest BCUT2D eigenvalue weighted by atomic mass is 9.68. The van der Waals surface area contributed by atoms with Crippen LogP contribution in [0.4, 0.5) is 0 Å². The lowest BCUT2D eigenvalue weighted by Gasteiger charge is -1.91. The summed E-state index contributed by atoms with van der Waals surface area (Å²) >= 11 is 0. The zero-order chi connectivity index (χ0) is 7.23. The second kappa shape index (κ2) is 7.80. The second-order valence-corrected chi connectivity index (χ2v) is 1.98. The Labute approximate surface area is 72.5 Å². The molecule has 3 nitrogen and oxygen atoms in total. The van der Waals surface area contributed by atoms with Crippen molar-refractivity contribution < 1.29 is 11.0 Å². The standard InChI is InChI=1S/C8H7BN.2H2O/c10-7-6-9-8-4-2-1-3-5-8;;/h1-5H,6H2;2*1H2. The average Bonchev–Trinajstić information content (AvgIpc) is 2.03. The summed E-state index contributed by atoms with van der Waals surface area (Å²) in [5.74, 6) is 0. The molecule has 12 heavy (non-hydrogen) atoms. The van der Waals surface area contributed by atoms with Crippen molar-refractivity contribution >= 4 is 12.7 Å². The summed E-state index contributed by atoms with van der Waals surface area (Å²) < 4.78 is 0. The van der Waals surface area contributed by atoms with Gasteiger partial charge in [0.25, 0.3) is 0 Å². The maximum absolute atomic E-state index is 8.25. The van der Waals surface area contributed by atoms with E-state index < -0.39 is 0 Å². The Balaban J connectivity index is 0. The van der Waals surface area contributed by atoms with Gasteiger partial charge in [0.1, 0.15) is 0 Å². The Hall–Kier alpha value is -1.31. The summed E-state index contributed by atoms with van der Waals surface area (Å²) in [6.07, 6.45) is 0.490. The molecule has 0 aliphatic heterocycles. The molecule has 4 heteroatoms. The number of hydrogen-bond donors (Lipinski definition) is 0. The molecule has 0 bridgehead atoms. The van der Waals surface area contributed by atoms with Crippen molar-refractivity contribution in [3.05, 3.63) is 30.3 Å². The molecule has 0 unspecified atom stereocenters. The van der Waals surface area contributed by atoms with E-state index in [9.17, 15) is 0 Å². The van der Waals surface area contributed by atoms with Crippen molar-refractivity contribution in [2.75, 3.05) is 0 Å². The van der Waals surface area contributed by atoms with E-state index in [1.807, 2.05) is 37.6 Å². The molecule has 0 aliphatic carbocycles. The Kier molecular flexibility index (Phi) is 8.64. The zero-order valence-electron chi connectivity index (χ0n) is 6.62. The Morgan fingerprint density at radius 1 is 1.17 bits per heavy atom. The third-order valence-electron chi connectivity index (χ3n) is 1.23. The maximum atomic E-state index is 8.25. The van der Waals surface area contributed by atoms with Crippen LogP contribution in [0.1, 0.15) is 0 Å². The third-order valence-corrected chi connectivity index (χ3v) is 1.23. The molecule has 63 valence electrons. The van der Waals surface area contributed by atoms with Crippen molar-refractivity contribution in [3.8, 4) is 6.07 Å². The predicted molar refractivity (Wildman–Crippen MR) is 49.5 cm³/mol. The molecular formula is C8H11BNO2. The smallest absolute Gasteiger partial charge is 0.169 e. The van der Waals surface area contributed by atoms with Gasteiger partial charge in [0, 0.05) is 6.32 Å². The van der Waals surface area contributed by atoms with E-state index in [0.29, 0.717) is 6.32 Å². The SMILES string of the molecule is N#CC[B]c1ccccc1.O.O. The number of hydrogen-bond acceptors (Lipinski definition) is 1. The van der Waals surface area contributed by atoms with Gasteiger partial charge in [-0.25, -0.2) is 0 Å². The highest BCUT2D eigenvalue weighted by molar-refractivity contribution is 6.54. The van der Waals surface area contributed by atoms with E-state index in [4.69, 9.17) is 5.26 Å². The van der Waals surface area contributed by atoms with Gasteiger partial charge in [-0.1, -0.05) is 35.8 Å². The number of rotatable bonds is 2. The molecule has 4 N–H and O–H groups in total. The van der Waals surface area contributed by atoms with Gasteiger partial charge in [-0.15, -0.1) is 0 Å². The quantitative estimate of drug-likeness (QED) is 0.532. The zero-order valence-corrected chi connectivity index (χ0v) is 6.62. The van der Waals surface area contributed by atoms with Gasteiger partial charge >= 0.3 is 0 Å². The molecule has 0 fully saturated rings. The van der Waals surface area contributed by atoms with Gasteiger partial charge in [0.2, 0.25) is 0 Å². The van der Waals surface area contributed by atoms with Crippen LogP contribution in [0.2, 0.25) is 6.32 Å². The summed E-state index contributed by atoms with van der Waals surface area (Å²) in [4.78, 5) is 0. The fourth-order valence-corrected chi connectivity index (χ4v) is 0.753. The van der Waals surface area contributed by atoms with E-state index in [1.54, 1.807) is 0 Å². The molecule has 0 saturated heterocycles. The van der Waals surface area contributed by atoms with E-state index in [2.05, 4.69) is 6.07 Å². The molecule has 0 spiro atoms. The first-order chi connectivity index (χ1) is 4.93. The van der Waals surface area contributed by atoms with Crippen molar-refractivity contribution in [1.82, 2.24) is 0 Å². The molecular weight excluding hydrogens is 153 g/mol. The minimum Gasteiger partial charge on any atom is -0.412 e. The first kappa shape index (κ1) is 13.3. The first-order valence-electron chi connectivity index (χ1n) is 3.18. The van der Waals surface area contributed by atoms with E-state index >= 15 is 0 Å². The Morgan fingerprint density at radius 2 is 1.75 bits per heavy atom. The molecule has 1 radical (unpaired) electrons. The molecule has 1 aromatic carbocycles. The minimum absolute atomic E-state index is 0. The Bertz CT molecular complexity index is 233. The highest BCUT2D eigenvalue weighted by atomic mass is 16.0. The lowest BCUT2D eigenvalue weighted by Crippen LogP contribution is -2.11. The molecule has 0 amide bonds. The van der Waals surface area contributed by atoms with Crippen LogP contribution in [-0.2, 0) is 0 Å². The summed E-state index contributed by atoms with van der Waals surface area (Å²) in [7, 11) is 1.90. The van der Waals surface area contributed by atoms with Crippen LogP contribution in [0.25, 0.3) is 0 Å². The van der Waals surface area contributed by atoms with Crippen molar-refractivity contribution in [3.63, 3.8) is 0 Å². The molecule has 0 aliphatic rings. The number of benzene rings is 1. The van der Waals surface area contributed by atoms with Crippen LogP contribution >= 0.6 is 0 Å². The fourth-order valence-electron chi connectivity index (χ4n) is 0.753. The summed E-state index contributed by atoms with van der Waals surface area (Å²) in [5, 5.41) is 8.25. The van der Waals surface area contributed by atoms with Crippen molar-refractivity contribution in [2.45, 2.75) is 6.32 Å². The molecule has 0 saturated carbocycles. The monoisotopic (exact) mass is 164 g/mol. The normalized spacial score (nSPS) is 6.92. The number of nitrogens with zero attached hydrogens (tertiary/aromatic N) is 1. The van der Waals surface area contributed by atoms with Gasteiger partial charge in [0.15, 0.2) is 7.28 Å². The largest absolute Gasteiger partial charge is 0.412 e. The van der Waals surface area contributed by atoms with Crippen LogP contribution < -0.4 is 5.46 Å². The lowest BCUT2D eigenvalue weighted by molar-refractivity contribution is 0.823. The molecule has 1 aromatic rings. The number of nitriles is 1. The highest BCUT2D eigenvalue weighted by Crippen LogP contribution is 1.82. The molecule has 0 atom stereocenters. The predicted octanol–water partition coefficient (Wildman–Crippen LogP) is -0.691. The van der Waals surface area contributed by atoms with E-state index in [0.717, 1.165) is 5.46 Å². The highest BCUT2D eigenvalue weighted by Gasteiger charge is 1.90. The summed E-state index contributed by atoms with van der Waals surface area (Å²) in [5.41, 5.74) is 1.11. The molecule has 1 rings (SSSR count). The van der Waals surface area contributed by atoms with Crippen molar-refractivity contribution in [2.24, 2.45) is 0 Å². The van der Waals surface area contributed by atoms with Crippen LogP contribution in [-0.4, -0.2) is 18.2 Å². The van der Waals surface area contributed by atoms with E-state index in [1.165, 1.54) is 0 Å². The van der Waals surface area contributed by atoms with E-state index in [-0.39, 0.29) is 11.0 Å². The minimum atomic E-state index is 0. The fraction of sp³-hybridized carbons (Fsp3) is 0.125. The topological polar surface area (TPSA) is 86.8 Å². The summed E-state index contributed by atoms with van der Waals surface area (Å²) in [6, 6.07) is 11.9. The van der Waals surface area contributed by atoms with Crippen LogP contribution in [0, 0.1) is 11.3 Å². The molecule has 0 heterocycles. The average molecular weight is 164 g/mol. The van der Waals surface area contributed by atoms with Gasteiger partial charge in [-0.2, -0.15) is 5.26 Å². The van der Waals surface area contributed by atoms with Crippen LogP contribution in [0.15, 0.2) is 30.3 Å². The van der Waals surface area contributed by atoms with Gasteiger partial charge in [0.05, 0.1) is 6.07 Å². The molecule has 0 aromatic heterocycles.